The highest BCUT2D eigenvalue weighted by Gasteiger charge is 2.18. The first kappa shape index (κ1) is 17.0. The monoisotopic (exact) mass is 385 g/mol. The summed E-state index contributed by atoms with van der Waals surface area (Å²) in [6, 6.07) is 10.8. The molecule has 2 aromatic rings. The molecule has 0 bridgehead atoms. The minimum Gasteiger partial charge on any atom is -0.277 e. The van der Waals surface area contributed by atoms with Crippen LogP contribution < -0.4 is 4.72 Å². The van der Waals surface area contributed by atoms with Crippen molar-refractivity contribution in [2.24, 2.45) is 0 Å². The van der Waals surface area contributed by atoms with Crippen molar-refractivity contribution >= 4 is 31.6 Å². The number of rotatable bonds is 3. The lowest BCUT2D eigenvalue weighted by molar-refractivity contribution is 0.587. The van der Waals surface area contributed by atoms with Gasteiger partial charge >= 0.3 is 0 Å². The van der Waals surface area contributed by atoms with Crippen LogP contribution in [0.1, 0.15) is 26.3 Å². The quantitative estimate of drug-likeness (QED) is 0.832. The van der Waals surface area contributed by atoms with Gasteiger partial charge in [0.2, 0.25) is 0 Å². The average Bonchev–Trinajstić information content (AvgIpc) is 2.41. The molecule has 2 rings (SSSR count). The van der Waals surface area contributed by atoms with Gasteiger partial charge in [-0.3, -0.25) is 4.72 Å². The lowest BCUT2D eigenvalue weighted by Crippen LogP contribution is -2.15. The molecule has 118 valence electrons. The molecule has 0 aliphatic heterocycles. The minimum atomic E-state index is -3.82. The Hall–Kier alpha value is -1.40. The van der Waals surface area contributed by atoms with Crippen molar-refractivity contribution in [3.63, 3.8) is 0 Å². The Morgan fingerprint density at radius 3 is 2.14 bits per heavy atom. The fourth-order valence-corrected chi connectivity index (χ4v) is 3.31. The third kappa shape index (κ3) is 3.87. The summed E-state index contributed by atoms with van der Waals surface area (Å²) in [4.78, 5) is 0.0998. The summed E-state index contributed by atoms with van der Waals surface area (Å²) in [7, 11) is -3.82. The van der Waals surface area contributed by atoms with E-state index in [-0.39, 0.29) is 16.0 Å². The number of nitrogens with one attached hydrogen (secondary N) is 1. The molecule has 6 heteroatoms. The number of sulfonamides is 1. The van der Waals surface area contributed by atoms with Gasteiger partial charge in [-0.25, -0.2) is 12.8 Å². The molecular formula is C16H17BrFNO2S. The number of anilines is 1. The van der Waals surface area contributed by atoms with E-state index < -0.39 is 15.8 Å². The van der Waals surface area contributed by atoms with Crippen LogP contribution in [0.2, 0.25) is 0 Å². The smallest absolute Gasteiger partial charge is 0.261 e. The maximum atomic E-state index is 13.8. The summed E-state index contributed by atoms with van der Waals surface area (Å²) < 4.78 is 41.2. The Kier molecular flexibility index (Phi) is 4.63. The minimum absolute atomic E-state index is 0.0620. The van der Waals surface area contributed by atoms with E-state index in [1.165, 1.54) is 24.3 Å². The van der Waals surface area contributed by atoms with E-state index in [2.05, 4.69) is 20.7 Å². The Labute approximate surface area is 138 Å². The number of benzene rings is 2. The highest BCUT2D eigenvalue weighted by molar-refractivity contribution is 9.10. The molecule has 0 spiro atoms. The second-order valence-corrected chi connectivity index (χ2v) is 8.60. The van der Waals surface area contributed by atoms with E-state index in [0.717, 1.165) is 5.56 Å². The van der Waals surface area contributed by atoms with Gasteiger partial charge in [-0.15, -0.1) is 0 Å². The maximum Gasteiger partial charge on any atom is 0.261 e. The van der Waals surface area contributed by atoms with E-state index in [1.807, 2.05) is 20.8 Å². The molecule has 0 aliphatic rings. The summed E-state index contributed by atoms with van der Waals surface area (Å²) in [6.45, 7) is 6.14. The van der Waals surface area contributed by atoms with Gasteiger partial charge in [0.25, 0.3) is 10.0 Å². The van der Waals surface area contributed by atoms with Crippen molar-refractivity contribution in [3.05, 3.63) is 58.3 Å². The Morgan fingerprint density at radius 2 is 1.64 bits per heavy atom. The van der Waals surface area contributed by atoms with Crippen LogP contribution in [0, 0.1) is 5.82 Å². The van der Waals surface area contributed by atoms with Crippen LogP contribution in [-0.4, -0.2) is 8.42 Å². The van der Waals surface area contributed by atoms with Crippen molar-refractivity contribution in [2.45, 2.75) is 31.1 Å². The van der Waals surface area contributed by atoms with Crippen LogP contribution in [-0.2, 0) is 15.4 Å². The molecule has 0 fully saturated rings. The fourth-order valence-electron chi connectivity index (χ4n) is 1.91. The van der Waals surface area contributed by atoms with Gasteiger partial charge in [-0.05, 0) is 41.3 Å². The average molecular weight is 386 g/mol. The van der Waals surface area contributed by atoms with Crippen LogP contribution in [0.25, 0.3) is 0 Å². The third-order valence-electron chi connectivity index (χ3n) is 3.21. The van der Waals surface area contributed by atoms with Gasteiger partial charge in [-0.2, -0.15) is 0 Å². The van der Waals surface area contributed by atoms with Crippen molar-refractivity contribution < 1.29 is 12.8 Å². The van der Waals surface area contributed by atoms with Gasteiger partial charge in [0.15, 0.2) is 0 Å². The van der Waals surface area contributed by atoms with Gasteiger partial charge in [0.1, 0.15) is 5.82 Å². The van der Waals surface area contributed by atoms with Gasteiger partial charge < -0.3 is 0 Å². The first-order chi connectivity index (χ1) is 10.1. The Balaban J connectivity index is 2.31. The van der Waals surface area contributed by atoms with E-state index >= 15 is 0 Å². The summed E-state index contributed by atoms with van der Waals surface area (Å²) >= 11 is 3.13. The van der Waals surface area contributed by atoms with Gasteiger partial charge in [0.05, 0.1) is 10.6 Å². The highest BCUT2D eigenvalue weighted by Crippen LogP contribution is 2.25. The van der Waals surface area contributed by atoms with Crippen molar-refractivity contribution in [3.8, 4) is 0 Å². The van der Waals surface area contributed by atoms with Crippen LogP contribution in [0.4, 0.5) is 10.1 Å². The molecule has 0 saturated heterocycles. The Morgan fingerprint density at radius 1 is 1.05 bits per heavy atom. The zero-order valence-electron chi connectivity index (χ0n) is 12.5. The molecular weight excluding hydrogens is 369 g/mol. The van der Waals surface area contributed by atoms with E-state index in [1.54, 1.807) is 18.2 Å². The lowest BCUT2D eigenvalue weighted by atomic mass is 9.87. The largest absolute Gasteiger partial charge is 0.277 e. The first-order valence-corrected chi connectivity index (χ1v) is 8.96. The molecule has 0 radical (unpaired) electrons. The highest BCUT2D eigenvalue weighted by atomic mass is 79.9. The number of halogens is 2. The van der Waals surface area contributed by atoms with E-state index in [4.69, 9.17) is 0 Å². The van der Waals surface area contributed by atoms with E-state index in [0.29, 0.717) is 4.47 Å². The molecule has 0 amide bonds. The van der Waals surface area contributed by atoms with E-state index in [9.17, 15) is 12.8 Å². The van der Waals surface area contributed by atoms with Crippen molar-refractivity contribution in [1.29, 1.82) is 0 Å². The summed E-state index contributed by atoms with van der Waals surface area (Å²) in [5, 5.41) is 0. The predicted molar refractivity (Wildman–Crippen MR) is 90.1 cm³/mol. The van der Waals surface area contributed by atoms with Gasteiger partial charge in [0, 0.05) is 4.47 Å². The second kappa shape index (κ2) is 6.01. The molecule has 22 heavy (non-hydrogen) atoms. The molecule has 2 aromatic carbocycles. The third-order valence-corrected chi connectivity index (χ3v) is 5.08. The Bertz CT molecular complexity index is 781. The summed E-state index contributed by atoms with van der Waals surface area (Å²) in [5.41, 5.74) is 0.887. The van der Waals surface area contributed by atoms with Crippen LogP contribution in [0.5, 0.6) is 0 Å². The predicted octanol–water partition coefficient (Wildman–Crippen LogP) is 4.69. The molecule has 0 heterocycles. The summed E-state index contributed by atoms with van der Waals surface area (Å²) in [6.07, 6.45) is 0. The van der Waals surface area contributed by atoms with Crippen molar-refractivity contribution in [1.82, 2.24) is 0 Å². The molecule has 3 nitrogen and oxygen atoms in total. The fraction of sp³-hybridized carbons (Fsp3) is 0.250. The normalized spacial score (nSPS) is 12.2. The van der Waals surface area contributed by atoms with Crippen LogP contribution >= 0.6 is 15.9 Å². The second-order valence-electron chi connectivity index (χ2n) is 6.00. The lowest BCUT2D eigenvalue weighted by Gasteiger charge is -2.19. The first-order valence-electron chi connectivity index (χ1n) is 6.68. The summed E-state index contributed by atoms with van der Waals surface area (Å²) in [5.74, 6) is -0.635. The standard InChI is InChI=1S/C16H17BrFNO2S/c1-16(2,3)11-4-7-13(8-5-11)22(20,21)19-15-9-6-12(17)10-14(15)18/h4-10,19H,1-3H3. The van der Waals surface area contributed by atoms with Gasteiger partial charge in [-0.1, -0.05) is 48.8 Å². The zero-order chi connectivity index (χ0) is 16.5. The molecule has 0 aliphatic carbocycles. The van der Waals surface area contributed by atoms with Crippen molar-refractivity contribution in [2.75, 3.05) is 4.72 Å². The molecule has 0 atom stereocenters. The number of hydrogen-bond acceptors (Lipinski definition) is 2. The molecule has 0 saturated carbocycles. The van der Waals surface area contributed by atoms with Crippen LogP contribution in [0.15, 0.2) is 51.8 Å². The molecule has 0 unspecified atom stereocenters. The maximum absolute atomic E-state index is 13.8. The molecule has 0 aromatic heterocycles. The SMILES string of the molecule is CC(C)(C)c1ccc(S(=O)(=O)Nc2ccc(Br)cc2F)cc1. The number of hydrogen-bond donors (Lipinski definition) is 1. The zero-order valence-corrected chi connectivity index (χ0v) is 14.9. The molecule has 1 N–H and O–H groups in total. The topological polar surface area (TPSA) is 46.2 Å². The van der Waals surface area contributed by atoms with Crippen LogP contribution in [0.3, 0.4) is 0 Å².